The molecule has 1 aliphatic rings. The van der Waals surface area contributed by atoms with Crippen LogP contribution in [-0.2, 0) is 6.42 Å². The number of furan rings is 1. The van der Waals surface area contributed by atoms with E-state index in [1.54, 1.807) is 30.3 Å². The number of benzene rings is 1. The molecule has 34 heavy (non-hydrogen) atoms. The van der Waals surface area contributed by atoms with Gasteiger partial charge in [-0.05, 0) is 12.1 Å². The summed E-state index contributed by atoms with van der Waals surface area (Å²) in [5, 5.41) is 7.99. The van der Waals surface area contributed by atoms with E-state index in [1.165, 1.54) is 23.6 Å². The Morgan fingerprint density at radius 3 is 2.74 bits per heavy atom. The summed E-state index contributed by atoms with van der Waals surface area (Å²) in [6.45, 7) is 0.192. The van der Waals surface area contributed by atoms with Crippen LogP contribution in [0.4, 0.5) is 8.78 Å². The third kappa shape index (κ3) is 3.14. The molecule has 10 nitrogen and oxygen atoms in total. The number of nitrogens with zero attached hydrogens (tertiary/aromatic N) is 6. The molecule has 0 saturated carbocycles. The molecule has 0 saturated heterocycles. The third-order valence-corrected chi connectivity index (χ3v) is 5.68. The molecular weight excluding hydrogens is 448 g/mol. The van der Waals surface area contributed by atoms with Gasteiger partial charge in [-0.2, -0.15) is 0 Å². The average molecular weight is 463 g/mol. The Hall–Kier alpha value is -4.48. The number of nitrogens with one attached hydrogen (secondary N) is 1. The second kappa shape index (κ2) is 7.83. The van der Waals surface area contributed by atoms with Crippen molar-refractivity contribution >= 4 is 16.9 Å². The number of para-hydroxylation sites is 1. The Morgan fingerprint density at radius 2 is 1.91 bits per heavy atom. The van der Waals surface area contributed by atoms with Crippen LogP contribution in [0.5, 0.6) is 0 Å². The summed E-state index contributed by atoms with van der Waals surface area (Å²) >= 11 is 0. The summed E-state index contributed by atoms with van der Waals surface area (Å²) in [5.41, 5.74) is 1.17. The second-order valence-electron chi connectivity index (χ2n) is 7.58. The molecule has 0 bridgehead atoms. The number of halogens is 2. The highest BCUT2D eigenvalue weighted by Crippen LogP contribution is 2.43. The van der Waals surface area contributed by atoms with E-state index < -0.39 is 18.4 Å². The zero-order chi connectivity index (χ0) is 23.2. The Kier molecular flexibility index (Phi) is 4.64. The molecule has 12 heteroatoms. The van der Waals surface area contributed by atoms with Crippen LogP contribution < -0.4 is 0 Å². The molecule has 4 aromatic heterocycles. The molecule has 5 heterocycles. The number of imidazole rings is 1. The monoisotopic (exact) mass is 463 g/mol. The van der Waals surface area contributed by atoms with E-state index in [4.69, 9.17) is 8.83 Å². The molecule has 0 fully saturated rings. The lowest BCUT2D eigenvalue weighted by Crippen LogP contribution is -2.41. The fourth-order valence-corrected chi connectivity index (χ4v) is 4.21. The lowest BCUT2D eigenvalue weighted by molar-refractivity contribution is 0.0623. The Bertz CT molecular complexity index is 1490. The number of alkyl halides is 2. The number of hydrogen-bond acceptors (Lipinski definition) is 8. The van der Waals surface area contributed by atoms with Crippen LogP contribution in [0.2, 0.25) is 0 Å². The smallest absolute Gasteiger partial charge is 0.312 e. The van der Waals surface area contributed by atoms with Gasteiger partial charge in [0.15, 0.2) is 0 Å². The predicted molar refractivity (Wildman–Crippen MR) is 112 cm³/mol. The largest absolute Gasteiger partial charge is 0.458 e. The maximum Gasteiger partial charge on any atom is 0.312 e. The number of fused-ring (bicyclic) bond motifs is 2. The van der Waals surface area contributed by atoms with Gasteiger partial charge < -0.3 is 18.7 Å². The van der Waals surface area contributed by atoms with Crippen LogP contribution in [0.25, 0.3) is 22.7 Å². The van der Waals surface area contributed by atoms with E-state index in [0.29, 0.717) is 17.7 Å². The summed E-state index contributed by atoms with van der Waals surface area (Å²) in [7, 11) is 0. The molecule has 1 N–H and O–H groups in total. The first-order chi connectivity index (χ1) is 16.6. The predicted octanol–water partition coefficient (Wildman–Crippen LogP) is 3.72. The number of aromatic nitrogens is 6. The van der Waals surface area contributed by atoms with E-state index in [0.717, 1.165) is 5.69 Å². The molecule has 6 rings (SSSR count). The summed E-state index contributed by atoms with van der Waals surface area (Å²) < 4.78 is 39.9. The van der Waals surface area contributed by atoms with Crippen molar-refractivity contribution in [2.75, 3.05) is 6.54 Å². The van der Waals surface area contributed by atoms with Gasteiger partial charge in [-0.15, -0.1) is 10.2 Å². The van der Waals surface area contributed by atoms with Crippen LogP contribution in [0.1, 0.15) is 45.9 Å². The maximum absolute atomic E-state index is 14.2. The minimum absolute atomic E-state index is 0.0324. The third-order valence-electron chi connectivity index (χ3n) is 5.68. The van der Waals surface area contributed by atoms with Gasteiger partial charge in [0.2, 0.25) is 5.82 Å². The van der Waals surface area contributed by atoms with Crippen molar-refractivity contribution < 1.29 is 22.4 Å². The molecule has 170 valence electrons. The minimum Gasteiger partial charge on any atom is -0.458 e. The van der Waals surface area contributed by atoms with E-state index in [9.17, 15) is 13.6 Å². The topological polar surface area (TPSA) is 127 Å². The van der Waals surface area contributed by atoms with E-state index >= 15 is 0 Å². The summed E-state index contributed by atoms with van der Waals surface area (Å²) in [5.74, 6) is -0.884. The SMILES string of the molecule is O=C(c1nnc(-c2ncccn2)o1)N1CCc2[nH]cnc2[C@@H]1c1oc2ccccc2c1C(F)F. The Balaban J connectivity index is 1.46. The first kappa shape index (κ1) is 20.1. The second-order valence-corrected chi connectivity index (χ2v) is 7.58. The molecule has 5 aromatic rings. The van der Waals surface area contributed by atoms with Gasteiger partial charge >= 0.3 is 11.8 Å². The number of aromatic amines is 1. The van der Waals surface area contributed by atoms with Crippen molar-refractivity contribution in [1.29, 1.82) is 0 Å². The zero-order valence-corrected chi connectivity index (χ0v) is 17.4. The molecule has 0 spiro atoms. The van der Waals surface area contributed by atoms with Crippen molar-refractivity contribution in [3.8, 4) is 11.7 Å². The van der Waals surface area contributed by atoms with Crippen LogP contribution in [0.3, 0.4) is 0 Å². The van der Waals surface area contributed by atoms with Crippen molar-refractivity contribution in [2.45, 2.75) is 18.9 Å². The van der Waals surface area contributed by atoms with Gasteiger partial charge in [-0.25, -0.2) is 23.7 Å². The zero-order valence-electron chi connectivity index (χ0n) is 17.4. The van der Waals surface area contributed by atoms with Gasteiger partial charge in [0.05, 0.1) is 17.6 Å². The number of hydrogen-bond donors (Lipinski definition) is 1. The Labute approximate surface area is 189 Å². The fraction of sp³-hybridized carbons (Fsp3) is 0.182. The van der Waals surface area contributed by atoms with Gasteiger partial charge in [-0.3, -0.25) is 4.79 Å². The Morgan fingerprint density at radius 1 is 1.09 bits per heavy atom. The standard InChI is InChI=1S/C22H15F2N7O3/c23-18(24)14-11-4-1-2-5-13(11)33-17(14)16-15-12(27-10-28-15)6-9-31(16)22(32)21-30-29-20(34-21)19-25-7-3-8-26-19/h1-5,7-8,10,16,18H,6,9H2,(H,27,28)/t16-/m1/s1. The van der Waals surface area contributed by atoms with Gasteiger partial charge in [0, 0.05) is 36.4 Å². The average Bonchev–Trinajstić information content (AvgIpc) is 3.61. The molecule has 0 unspecified atom stereocenters. The first-order valence-corrected chi connectivity index (χ1v) is 10.3. The molecule has 1 aliphatic heterocycles. The minimum atomic E-state index is -2.83. The van der Waals surface area contributed by atoms with Crippen molar-refractivity contribution in [3.05, 3.63) is 77.7 Å². The highest BCUT2D eigenvalue weighted by atomic mass is 19.3. The van der Waals surface area contributed by atoms with Gasteiger partial charge in [0.1, 0.15) is 17.4 Å². The van der Waals surface area contributed by atoms with Crippen LogP contribution in [0.15, 0.2) is 57.9 Å². The van der Waals surface area contributed by atoms with Crippen LogP contribution >= 0.6 is 0 Å². The fourth-order valence-electron chi connectivity index (χ4n) is 4.21. The maximum atomic E-state index is 14.2. The van der Waals surface area contributed by atoms with E-state index in [-0.39, 0.29) is 40.9 Å². The first-order valence-electron chi connectivity index (χ1n) is 10.3. The molecule has 1 amide bonds. The number of amides is 1. The molecule has 1 atom stereocenters. The van der Waals surface area contributed by atoms with Crippen LogP contribution in [-0.4, -0.2) is 47.5 Å². The van der Waals surface area contributed by atoms with Crippen molar-refractivity contribution in [3.63, 3.8) is 0 Å². The lowest BCUT2D eigenvalue weighted by atomic mass is 9.97. The highest BCUT2D eigenvalue weighted by Gasteiger charge is 2.41. The number of H-pyrrole nitrogens is 1. The van der Waals surface area contributed by atoms with Crippen molar-refractivity contribution in [1.82, 2.24) is 35.0 Å². The quantitative estimate of drug-likeness (QED) is 0.427. The normalized spacial score (nSPS) is 15.7. The molecular formula is C22H15F2N7O3. The molecule has 0 radical (unpaired) electrons. The highest BCUT2D eigenvalue weighted by molar-refractivity contribution is 5.91. The summed E-state index contributed by atoms with van der Waals surface area (Å²) in [4.78, 5) is 30.2. The number of carbonyl (C=O) groups is 1. The molecule has 1 aromatic carbocycles. The van der Waals surface area contributed by atoms with E-state index in [2.05, 4.69) is 30.1 Å². The lowest BCUT2D eigenvalue weighted by Gasteiger charge is -2.33. The van der Waals surface area contributed by atoms with Crippen LogP contribution in [0, 0.1) is 0 Å². The number of carbonyl (C=O) groups excluding carboxylic acids is 1. The van der Waals surface area contributed by atoms with E-state index in [1.807, 2.05) is 0 Å². The summed E-state index contributed by atoms with van der Waals surface area (Å²) in [6.07, 6.45) is 2.08. The molecule has 0 aliphatic carbocycles. The summed E-state index contributed by atoms with van der Waals surface area (Å²) in [6, 6.07) is 7.13. The van der Waals surface area contributed by atoms with Crippen molar-refractivity contribution in [2.24, 2.45) is 0 Å². The van der Waals surface area contributed by atoms with Gasteiger partial charge in [0.25, 0.3) is 12.3 Å². The van der Waals surface area contributed by atoms with Gasteiger partial charge in [-0.1, -0.05) is 18.2 Å². The number of rotatable bonds is 4.